The fraction of sp³-hybridized carbons (Fsp3) is 0.143. The predicted octanol–water partition coefficient (Wildman–Crippen LogP) is 4.59. The molecule has 0 aliphatic carbocycles. The number of nitrogens with zero attached hydrogens (tertiary/aromatic N) is 1. The first kappa shape index (κ1) is 22.8. The minimum Gasteiger partial charge on any atom is -0.322 e. The van der Waals surface area contributed by atoms with Crippen LogP contribution < -0.4 is 10.0 Å². The standard InChI is InChI=1S/C21H18ClF2N3O3S/c1-21(23,24)13-26-31(29,30)16-8-5-14(6-9-16)20(28)27-15-7-10-18(22)17(12-15)19-4-2-3-11-25-19/h2-12,26H,13H2,1H3,(H,27,28). The van der Waals surface area contributed by atoms with Crippen molar-refractivity contribution in [2.45, 2.75) is 17.7 Å². The maximum Gasteiger partial charge on any atom is 0.258 e. The first-order valence-corrected chi connectivity index (χ1v) is 10.9. The van der Waals surface area contributed by atoms with Crippen LogP contribution in [-0.2, 0) is 10.0 Å². The molecule has 2 N–H and O–H groups in total. The van der Waals surface area contributed by atoms with Gasteiger partial charge in [-0.2, -0.15) is 0 Å². The molecule has 31 heavy (non-hydrogen) atoms. The number of amides is 1. The van der Waals surface area contributed by atoms with E-state index in [1.165, 1.54) is 24.3 Å². The highest BCUT2D eigenvalue weighted by Crippen LogP contribution is 2.29. The second kappa shape index (κ2) is 9.09. The summed E-state index contributed by atoms with van der Waals surface area (Å²) in [5, 5.41) is 3.18. The van der Waals surface area contributed by atoms with Crippen LogP contribution in [0.4, 0.5) is 14.5 Å². The van der Waals surface area contributed by atoms with Gasteiger partial charge in [-0.15, -0.1) is 0 Å². The fourth-order valence-electron chi connectivity index (χ4n) is 2.62. The lowest BCUT2D eigenvalue weighted by molar-refractivity contribution is 0.0281. The maximum atomic E-state index is 12.9. The van der Waals surface area contributed by atoms with Crippen LogP contribution in [-0.4, -0.2) is 31.8 Å². The van der Waals surface area contributed by atoms with Crippen molar-refractivity contribution in [3.8, 4) is 11.3 Å². The number of carbonyl (C=O) groups is 1. The predicted molar refractivity (Wildman–Crippen MR) is 115 cm³/mol. The molecule has 2 aromatic carbocycles. The number of pyridine rings is 1. The normalized spacial score (nSPS) is 11.9. The van der Waals surface area contributed by atoms with Crippen LogP contribution >= 0.6 is 11.6 Å². The molecular formula is C21H18ClF2N3O3S. The number of nitrogens with one attached hydrogen (secondary N) is 2. The summed E-state index contributed by atoms with van der Waals surface area (Å²) in [6, 6.07) is 15.2. The smallest absolute Gasteiger partial charge is 0.258 e. The van der Waals surface area contributed by atoms with Gasteiger partial charge in [0.2, 0.25) is 10.0 Å². The number of rotatable bonds is 7. The quantitative estimate of drug-likeness (QED) is 0.534. The van der Waals surface area contributed by atoms with Crippen molar-refractivity contribution in [1.29, 1.82) is 0 Å². The summed E-state index contributed by atoms with van der Waals surface area (Å²) in [4.78, 5) is 16.6. The Labute approximate surface area is 183 Å². The number of carbonyl (C=O) groups excluding carboxylic acids is 1. The molecular weight excluding hydrogens is 448 g/mol. The number of halogens is 3. The third-order valence-corrected chi connectivity index (χ3v) is 5.91. The van der Waals surface area contributed by atoms with Crippen LogP contribution in [0.2, 0.25) is 5.02 Å². The van der Waals surface area contributed by atoms with Gasteiger partial charge in [0, 0.05) is 29.9 Å². The molecule has 0 atom stereocenters. The maximum absolute atomic E-state index is 12.9. The first-order valence-electron chi connectivity index (χ1n) is 9.05. The highest BCUT2D eigenvalue weighted by atomic mass is 35.5. The Bertz CT molecular complexity index is 1180. The second-order valence-electron chi connectivity index (χ2n) is 6.78. The topological polar surface area (TPSA) is 88.2 Å². The molecule has 0 unspecified atom stereocenters. The first-order chi connectivity index (χ1) is 14.5. The Kier molecular flexibility index (Phi) is 6.68. The van der Waals surface area contributed by atoms with Crippen molar-refractivity contribution >= 4 is 33.2 Å². The zero-order chi connectivity index (χ0) is 22.6. The van der Waals surface area contributed by atoms with Gasteiger partial charge in [0.05, 0.1) is 22.2 Å². The molecule has 0 bridgehead atoms. The van der Waals surface area contributed by atoms with E-state index in [4.69, 9.17) is 11.6 Å². The number of alkyl halides is 2. The SMILES string of the molecule is CC(F)(F)CNS(=O)(=O)c1ccc(C(=O)Nc2ccc(Cl)c(-c3ccccn3)c2)cc1. The highest BCUT2D eigenvalue weighted by Gasteiger charge is 2.25. The monoisotopic (exact) mass is 465 g/mol. The molecule has 0 saturated carbocycles. The molecule has 0 fully saturated rings. The molecule has 10 heteroatoms. The zero-order valence-corrected chi connectivity index (χ0v) is 17.8. The van der Waals surface area contributed by atoms with E-state index in [9.17, 15) is 22.0 Å². The summed E-state index contributed by atoms with van der Waals surface area (Å²) in [6.07, 6.45) is 1.63. The lowest BCUT2D eigenvalue weighted by Gasteiger charge is -2.12. The number of sulfonamides is 1. The number of hydrogen-bond acceptors (Lipinski definition) is 4. The Balaban J connectivity index is 1.74. The summed E-state index contributed by atoms with van der Waals surface area (Å²) in [5.74, 6) is -3.66. The molecule has 1 heterocycles. The summed E-state index contributed by atoms with van der Waals surface area (Å²) < 4.78 is 51.8. The Morgan fingerprint density at radius 2 is 1.81 bits per heavy atom. The van der Waals surface area contributed by atoms with Crippen LogP contribution in [0.5, 0.6) is 0 Å². The van der Waals surface area contributed by atoms with Crippen molar-refractivity contribution in [2.75, 3.05) is 11.9 Å². The van der Waals surface area contributed by atoms with Crippen molar-refractivity contribution in [2.24, 2.45) is 0 Å². The van der Waals surface area contributed by atoms with Crippen molar-refractivity contribution in [3.05, 3.63) is 77.4 Å². The summed E-state index contributed by atoms with van der Waals surface area (Å²) in [7, 11) is -4.12. The lowest BCUT2D eigenvalue weighted by Crippen LogP contribution is -2.34. The van der Waals surface area contributed by atoms with Gasteiger partial charge < -0.3 is 5.32 Å². The molecule has 3 aromatic rings. The van der Waals surface area contributed by atoms with Gasteiger partial charge in [-0.25, -0.2) is 21.9 Å². The molecule has 1 aromatic heterocycles. The van der Waals surface area contributed by atoms with Crippen LogP contribution in [0.15, 0.2) is 71.8 Å². The Hall–Kier alpha value is -2.88. The number of hydrogen-bond donors (Lipinski definition) is 2. The van der Waals surface area contributed by atoms with Crippen molar-refractivity contribution in [1.82, 2.24) is 9.71 Å². The molecule has 6 nitrogen and oxygen atoms in total. The summed E-state index contributed by atoms with van der Waals surface area (Å²) >= 11 is 6.24. The number of anilines is 1. The van der Waals surface area contributed by atoms with Crippen LogP contribution in [0, 0.1) is 0 Å². The van der Waals surface area contributed by atoms with E-state index >= 15 is 0 Å². The zero-order valence-electron chi connectivity index (χ0n) is 16.3. The minimum absolute atomic E-state index is 0.189. The van der Waals surface area contributed by atoms with Gasteiger partial charge >= 0.3 is 0 Å². The average Bonchev–Trinajstić information content (AvgIpc) is 2.74. The lowest BCUT2D eigenvalue weighted by atomic mass is 10.1. The molecule has 0 saturated heterocycles. The molecule has 162 valence electrons. The van der Waals surface area contributed by atoms with E-state index in [1.807, 2.05) is 10.8 Å². The van der Waals surface area contributed by atoms with Crippen LogP contribution in [0.3, 0.4) is 0 Å². The van der Waals surface area contributed by atoms with Crippen molar-refractivity contribution < 1.29 is 22.0 Å². The van der Waals surface area contributed by atoms with Gasteiger partial charge in [0.25, 0.3) is 11.8 Å². The van der Waals surface area contributed by atoms with E-state index < -0.39 is 28.4 Å². The van der Waals surface area contributed by atoms with Gasteiger partial charge in [-0.1, -0.05) is 17.7 Å². The Morgan fingerprint density at radius 1 is 1.10 bits per heavy atom. The van der Waals surface area contributed by atoms with E-state index in [2.05, 4.69) is 10.3 Å². The van der Waals surface area contributed by atoms with E-state index in [0.29, 0.717) is 28.9 Å². The van der Waals surface area contributed by atoms with Crippen LogP contribution in [0.25, 0.3) is 11.3 Å². The largest absolute Gasteiger partial charge is 0.322 e. The second-order valence-corrected chi connectivity index (χ2v) is 8.96. The fourth-order valence-corrected chi connectivity index (χ4v) is 3.93. The molecule has 0 radical (unpaired) electrons. The molecule has 3 rings (SSSR count). The molecule has 0 aliphatic heterocycles. The van der Waals surface area contributed by atoms with Crippen molar-refractivity contribution in [3.63, 3.8) is 0 Å². The van der Waals surface area contributed by atoms with Crippen LogP contribution in [0.1, 0.15) is 17.3 Å². The molecule has 0 aliphatic rings. The molecule has 1 amide bonds. The van der Waals surface area contributed by atoms with E-state index in [-0.39, 0.29) is 10.5 Å². The highest BCUT2D eigenvalue weighted by molar-refractivity contribution is 7.89. The minimum atomic E-state index is -4.12. The van der Waals surface area contributed by atoms with E-state index in [0.717, 1.165) is 0 Å². The average molecular weight is 466 g/mol. The van der Waals surface area contributed by atoms with Gasteiger partial charge in [0.15, 0.2) is 0 Å². The van der Waals surface area contributed by atoms with Gasteiger partial charge in [0.1, 0.15) is 0 Å². The summed E-state index contributed by atoms with van der Waals surface area (Å²) in [5.41, 5.74) is 1.94. The number of benzene rings is 2. The molecule has 0 spiro atoms. The summed E-state index contributed by atoms with van der Waals surface area (Å²) in [6.45, 7) is -0.411. The van der Waals surface area contributed by atoms with E-state index in [1.54, 1.807) is 36.5 Å². The Morgan fingerprint density at radius 3 is 2.42 bits per heavy atom. The number of aromatic nitrogens is 1. The van der Waals surface area contributed by atoms with Gasteiger partial charge in [-0.05, 0) is 54.6 Å². The third-order valence-electron chi connectivity index (χ3n) is 4.16. The van der Waals surface area contributed by atoms with Gasteiger partial charge in [-0.3, -0.25) is 9.78 Å². The third kappa shape index (κ3) is 6.06.